The van der Waals surface area contributed by atoms with Crippen LogP contribution in [0.1, 0.15) is 42.5 Å². The number of hydrogen-bond donors (Lipinski definition) is 1. The molecule has 0 spiro atoms. The smallest absolute Gasteiger partial charge is 0.225 e. The number of ether oxygens (including phenoxy) is 1. The quantitative estimate of drug-likeness (QED) is 0.688. The van der Waals surface area contributed by atoms with Crippen LogP contribution < -0.4 is 15.0 Å². The molecule has 0 bridgehead atoms. The van der Waals surface area contributed by atoms with Gasteiger partial charge in [0.25, 0.3) is 0 Å². The molecule has 3 aromatic rings. The first-order chi connectivity index (χ1) is 15.2. The Balaban J connectivity index is 1.33. The molecule has 1 amide bonds. The predicted octanol–water partition coefficient (Wildman–Crippen LogP) is 3.15. The number of benzene rings is 1. The molecule has 1 saturated heterocycles. The molecule has 1 N–H and O–H groups in total. The molecule has 162 valence electrons. The van der Waals surface area contributed by atoms with E-state index < -0.39 is 0 Å². The molecular formula is C24H29N5O2. The lowest BCUT2D eigenvalue weighted by atomic mass is 9.95. The highest BCUT2D eigenvalue weighted by atomic mass is 16.5. The van der Waals surface area contributed by atoms with E-state index in [0.717, 1.165) is 54.9 Å². The van der Waals surface area contributed by atoms with Gasteiger partial charge in [0.15, 0.2) is 5.82 Å². The van der Waals surface area contributed by atoms with Crippen LogP contribution in [0.15, 0.2) is 36.7 Å². The monoisotopic (exact) mass is 419 g/mol. The van der Waals surface area contributed by atoms with Gasteiger partial charge in [-0.3, -0.25) is 4.79 Å². The Morgan fingerprint density at radius 3 is 3.00 bits per heavy atom. The van der Waals surface area contributed by atoms with E-state index in [1.165, 1.54) is 24.1 Å². The second-order valence-electron chi connectivity index (χ2n) is 8.49. The number of aryl methyl sites for hydroxylation is 2. The van der Waals surface area contributed by atoms with Crippen LogP contribution >= 0.6 is 0 Å². The SMILES string of the molecule is COc1ccccc1CNC(=O)[C@@H]1CCCN(c2nccn3nc4c(c23)CCCC4)C1. The van der Waals surface area contributed by atoms with Crippen molar-refractivity contribution in [2.24, 2.45) is 5.92 Å². The minimum Gasteiger partial charge on any atom is -0.496 e. The highest BCUT2D eigenvalue weighted by Gasteiger charge is 2.29. The number of fused-ring (bicyclic) bond motifs is 3. The molecule has 7 nitrogen and oxygen atoms in total. The maximum atomic E-state index is 13.0. The lowest BCUT2D eigenvalue weighted by molar-refractivity contribution is -0.125. The maximum Gasteiger partial charge on any atom is 0.225 e. The largest absolute Gasteiger partial charge is 0.496 e. The minimum absolute atomic E-state index is 0.0516. The third-order valence-electron chi connectivity index (χ3n) is 6.54. The standard InChI is InChI=1S/C24H29N5O2/c1-31-21-11-5-2-7-17(21)15-26-24(30)18-8-6-13-28(16-18)23-22-19-9-3-4-10-20(19)27-29(22)14-12-25-23/h2,5,7,11-12,14,18H,3-4,6,8-10,13,15-16H2,1H3,(H,26,30)/t18-/m1/s1. The summed E-state index contributed by atoms with van der Waals surface area (Å²) in [5.74, 6) is 1.82. The highest BCUT2D eigenvalue weighted by molar-refractivity contribution is 5.81. The second-order valence-corrected chi connectivity index (χ2v) is 8.49. The average Bonchev–Trinajstić information content (AvgIpc) is 3.21. The number of nitrogens with zero attached hydrogens (tertiary/aromatic N) is 4. The number of para-hydroxylation sites is 1. The number of piperidine rings is 1. The Hall–Kier alpha value is -3.09. The number of nitrogens with one attached hydrogen (secondary N) is 1. The Morgan fingerprint density at radius 1 is 1.23 bits per heavy atom. The first-order valence-corrected chi connectivity index (χ1v) is 11.2. The molecule has 0 radical (unpaired) electrons. The Bertz CT molecular complexity index is 1090. The van der Waals surface area contributed by atoms with Crippen LogP contribution in [0.25, 0.3) is 5.52 Å². The Morgan fingerprint density at radius 2 is 2.10 bits per heavy atom. The van der Waals surface area contributed by atoms with Gasteiger partial charge in [-0.25, -0.2) is 9.50 Å². The highest BCUT2D eigenvalue weighted by Crippen LogP contribution is 2.32. The van der Waals surface area contributed by atoms with E-state index in [4.69, 9.17) is 14.8 Å². The molecule has 7 heteroatoms. The van der Waals surface area contributed by atoms with Gasteiger partial charge in [0, 0.05) is 43.2 Å². The van der Waals surface area contributed by atoms with Crippen LogP contribution in [-0.4, -0.2) is 40.7 Å². The summed E-state index contributed by atoms with van der Waals surface area (Å²) in [6.07, 6.45) is 10.2. The van der Waals surface area contributed by atoms with Gasteiger partial charge in [0.05, 0.1) is 18.7 Å². The van der Waals surface area contributed by atoms with Crippen molar-refractivity contribution in [3.05, 3.63) is 53.5 Å². The van der Waals surface area contributed by atoms with Crippen molar-refractivity contribution in [1.29, 1.82) is 0 Å². The van der Waals surface area contributed by atoms with E-state index >= 15 is 0 Å². The average molecular weight is 420 g/mol. The van der Waals surface area contributed by atoms with Crippen LogP contribution in [0.2, 0.25) is 0 Å². The summed E-state index contributed by atoms with van der Waals surface area (Å²) in [5.41, 5.74) is 4.68. The third-order valence-corrected chi connectivity index (χ3v) is 6.54. The Kier molecular flexibility index (Phi) is 5.49. The Labute approximate surface area is 182 Å². The molecule has 2 aliphatic rings. The summed E-state index contributed by atoms with van der Waals surface area (Å²) in [7, 11) is 1.66. The third kappa shape index (κ3) is 3.84. The molecule has 1 aromatic carbocycles. The molecular weight excluding hydrogens is 390 g/mol. The topological polar surface area (TPSA) is 71.8 Å². The van der Waals surface area contributed by atoms with Crippen molar-refractivity contribution in [1.82, 2.24) is 19.9 Å². The second kappa shape index (κ2) is 8.57. The van der Waals surface area contributed by atoms with Crippen molar-refractivity contribution in [3.8, 4) is 5.75 Å². The van der Waals surface area contributed by atoms with E-state index in [0.29, 0.717) is 13.1 Å². The first-order valence-electron chi connectivity index (χ1n) is 11.2. The van der Waals surface area contributed by atoms with Gasteiger partial charge in [-0.15, -0.1) is 0 Å². The van der Waals surface area contributed by atoms with Gasteiger partial charge < -0.3 is 15.0 Å². The lowest BCUT2D eigenvalue weighted by Gasteiger charge is -2.33. The fourth-order valence-corrected chi connectivity index (χ4v) is 4.94. The lowest BCUT2D eigenvalue weighted by Crippen LogP contribution is -2.43. The number of aromatic nitrogens is 3. The number of hydrogen-bond acceptors (Lipinski definition) is 5. The van der Waals surface area contributed by atoms with Crippen LogP contribution in [0.4, 0.5) is 5.82 Å². The van der Waals surface area contributed by atoms with Crippen LogP contribution in [-0.2, 0) is 24.2 Å². The molecule has 2 aromatic heterocycles. The molecule has 0 unspecified atom stereocenters. The molecule has 1 atom stereocenters. The number of amides is 1. The van der Waals surface area contributed by atoms with Gasteiger partial charge in [-0.1, -0.05) is 18.2 Å². The molecule has 31 heavy (non-hydrogen) atoms. The first kappa shape index (κ1) is 19.8. The zero-order chi connectivity index (χ0) is 21.2. The fourth-order valence-electron chi connectivity index (χ4n) is 4.94. The number of anilines is 1. The predicted molar refractivity (Wildman–Crippen MR) is 119 cm³/mol. The van der Waals surface area contributed by atoms with Crippen molar-refractivity contribution >= 4 is 17.2 Å². The van der Waals surface area contributed by atoms with Crippen LogP contribution in [0.5, 0.6) is 5.75 Å². The van der Waals surface area contributed by atoms with Crippen molar-refractivity contribution in [2.75, 3.05) is 25.1 Å². The van der Waals surface area contributed by atoms with Crippen molar-refractivity contribution < 1.29 is 9.53 Å². The van der Waals surface area contributed by atoms with Gasteiger partial charge in [0.1, 0.15) is 11.3 Å². The van der Waals surface area contributed by atoms with Crippen LogP contribution in [0.3, 0.4) is 0 Å². The number of rotatable bonds is 5. The van der Waals surface area contributed by atoms with E-state index in [1.54, 1.807) is 7.11 Å². The summed E-state index contributed by atoms with van der Waals surface area (Å²) < 4.78 is 7.39. The van der Waals surface area contributed by atoms with Crippen LogP contribution in [0, 0.1) is 5.92 Å². The molecule has 1 aliphatic carbocycles. The summed E-state index contributed by atoms with van der Waals surface area (Å²) in [4.78, 5) is 20.0. The molecule has 1 aliphatic heterocycles. The molecule has 5 rings (SSSR count). The van der Waals surface area contributed by atoms with Crippen molar-refractivity contribution in [2.45, 2.75) is 45.1 Å². The summed E-state index contributed by atoms with van der Waals surface area (Å²) >= 11 is 0. The zero-order valence-electron chi connectivity index (χ0n) is 18.0. The summed E-state index contributed by atoms with van der Waals surface area (Å²) in [5, 5.41) is 7.92. The zero-order valence-corrected chi connectivity index (χ0v) is 18.0. The van der Waals surface area contributed by atoms with E-state index in [9.17, 15) is 4.79 Å². The fraction of sp³-hybridized carbons (Fsp3) is 0.458. The normalized spacial score (nSPS) is 18.6. The van der Waals surface area contributed by atoms with Gasteiger partial charge >= 0.3 is 0 Å². The summed E-state index contributed by atoms with van der Waals surface area (Å²) in [6, 6.07) is 7.80. The molecule has 3 heterocycles. The summed E-state index contributed by atoms with van der Waals surface area (Å²) in [6.45, 7) is 2.08. The number of methoxy groups -OCH3 is 1. The van der Waals surface area contributed by atoms with E-state index in [2.05, 4.69) is 10.2 Å². The van der Waals surface area contributed by atoms with E-state index in [1.807, 2.05) is 41.2 Å². The maximum absolute atomic E-state index is 13.0. The minimum atomic E-state index is -0.0516. The number of carbonyl (C=O) groups excluding carboxylic acids is 1. The number of carbonyl (C=O) groups is 1. The molecule has 1 fully saturated rings. The van der Waals surface area contributed by atoms with Gasteiger partial charge in [0.2, 0.25) is 5.91 Å². The molecule has 0 saturated carbocycles. The van der Waals surface area contributed by atoms with Crippen molar-refractivity contribution in [3.63, 3.8) is 0 Å². The van der Waals surface area contributed by atoms with E-state index in [-0.39, 0.29) is 11.8 Å². The van der Waals surface area contributed by atoms with Gasteiger partial charge in [-0.05, 0) is 44.6 Å². The van der Waals surface area contributed by atoms with Gasteiger partial charge in [-0.2, -0.15) is 5.10 Å².